The Hall–Kier alpha value is -0.500. The maximum atomic E-state index is 5.16. The Kier molecular flexibility index (Phi) is 1.76. The van der Waals surface area contributed by atoms with Gasteiger partial charge in [-0.2, -0.15) is 0 Å². The SMILES string of the molecule is C=C(C)c1ccc(Br)o1. The highest BCUT2D eigenvalue weighted by molar-refractivity contribution is 9.10. The molecule has 0 bridgehead atoms. The molecule has 2 heteroatoms. The summed E-state index contributed by atoms with van der Waals surface area (Å²) in [6.07, 6.45) is 0. The maximum Gasteiger partial charge on any atom is 0.169 e. The predicted octanol–water partition coefficient (Wildman–Crippen LogP) is 3.08. The van der Waals surface area contributed by atoms with Crippen molar-refractivity contribution >= 4 is 21.5 Å². The average Bonchev–Trinajstić information content (AvgIpc) is 2.14. The first-order chi connectivity index (χ1) is 4.20. The second kappa shape index (κ2) is 2.40. The zero-order chi connectivity index (χ0) is 6.85. The Balaban J connectivity index is 2.98. The molecule has 1 aromatic rings. The molecule has 0 aliphatic heterocycles. The molecule has 0 spiro atoms. The summed E-state index contributed by atoms with van der Waals surface area (Å²) in [7, 11) is 0. The summed E-state index contributed by atoms with van der Waals surface area (Å²) < 4.78 is 5.91. The molecule has 1 aromatic heterocycles. The summed E-state index contributed by atoms with van der Waals surface area (Å²) >= 11 is 3.19. The Morgan fingerprint density at radius 1 is 1.67 bits per heavy atom. The van der Waals surface area contributed by atoms with Gasteiger partial charge in [0.25, 0.3) is 0 Å². The molecule has 0 unspecified atom stereocenters. The summed E-state index contributed by atoms with van der Waals surface area (Å²) in [5.41, 5.74) is 0.945. The molecular weight excluding hydrogens is 180 g/mol. The molecule has 0 aliphatic carbocycles. The van der Waals surface area contributed by atoms with Crippen LogP contribution < -0.4 is 0 Å². The minimum atomic E-state index is 0.750. The van der Waals surface area contributed by atoms with E-state index in [2.05, 4.69) is 22.5 Å². The van der Waals surface area contributed by atoms with E-state index in [0.29, 0.717) is 0 Å². The highest BCUT2D eigenvalue weighted by atomic mass is 79.9. The van der Waals surface area contributed by atoms with Crippen molar-refractivity contribution in [2.75, 3.05) is 0 Å². The van der Waals surface area contributed by atoms with Crippen LogP contribution in [0.4, 0.5) is 0 Å². The van der Waals surface area contributed by atoms with E-state index < -0.39 is 0 Å². The second-order valence-corrected chi connectivity index (χ2v) is 2.67. The van der Waals surface area contributed by atoms with Crippen molar-refractivity contribution in [3.63, 3.8) is 0 Å². The summed E-state index contributed by atoms with van der Waals surface area (Å²) in [6, 6.07) is 3.73. The van der Waals surface area contributed by atoms with Gasteiger partial charge in [0.15, 0.2) is 4.67 Å². The van der Waals surface area contributed by atoms with Crippen LogP contribution in [0.25, 0.3) is 5.57 Å². The number of hydrogen-bond donors (Lipinski definition) is 0. The van der Waals surface area contributed by atoms with E-state index in [1.807, 2.05) is 19.1 Å². The molecular formula is C7H7BrO. The summed E-state index contributed by atoms with van der Waals surface area (Å²) in [5, 5.41) is 0. The van der Waals surface area contributed by atoms with Gasteiger partial charge in [-0.3, -0.25) is 0 Å². The van der Waals surface area contributed by atoms with Gasteiger partial charge >= 0.3 is 0 Å². The van der Waals surface area contributed by atoms with Gasteiger partial charge in [0.2, 0.25) is 0 Å². The van der Waals surface area contributed by atoms with Crippen LogP contribution in [0.5, 0.6) is 0 Å². The van der Waals surface area contributed by atoms with E-state index in [9.17, 15) is 0 Å². The molecule has 0 saturated carbocycles. The van der Waals surface area contributed by atoms with Crippen molar-refractivity contribution in [2.45, 2.75) is 6.92 Å². The van der Waals surface area contributed by atoms with Crippen molar-refractivity contribution in [3.8, 4) is 0 Å². The van der Waals surface area contributed by atoms with Gasteiger partial charge in [0.05, 0.1) is 0 Å². The molecule has 1 heterocycles. The molecule has 0 amide bonds. The van der Waals surface area contributed by atoms with Crippen LogP contribution >= 0.6 is 15.9 Å². The third-order valence-corrected chi connectivity index (χ3v) is 1.42. The molecule has 0 saturated heterocycles. The van der Waals surface area contributed by atoms with Crippen LogP contribution in [0.2, 0.25) is 0 Å². The normalized spacial score (nSPS) is 9.56. The first-order valence-electron chi connectivity index (χ1n) is 2.61. The molecule has 0 radical (unpaired) electrons. The maximum absolute atomic E-state index is 5.16. The van der Waals surface area contributed by atoms with E-state index >= 15 is 0 Å². The Labute approximate surface area is 62.5 Å². The minimum absolute atomic E-state index is 0.750. The molecule has 0 fully saturated rings. The van der Waals surface area contributed by atoms with Crippen LogP contribution in [0.3, 0.4) is 0 Å². The Bertz CT molecular complexity index is 225. The molecule has 48 valence electrons. The van der Waals surface area contributed by atoms with Gasteiger partial charge in [-0.15, -0.1) is 0 Å². The van der Waals surface area contributed by atoms with Crippen LogP contribution in [-0.2, 0) is 0 Å². The fourth-order valence-electron chi connectivity index (χ4n) is 0.544. The largest absolute Gasteiger partial charge is 0.450 e. The molecule has 1 rings (SSSR count). The van der Waals surface area contributed by atoms with E-state index in [1.165, 1.54) is 0 Å². The topological polar surface area (TPSA) is 13.1 Å². The standard InChI is InChI=1S/C7H7BrO/c1-5(2)6-3-4-7(8)9-6/h3-4H,1H2,2H3. The molecule has 0 aliphatic rings. The van der Waals surface area contributed by atoms with Gasteiger partial charge < -0.3 is 4.42 Å². The fraction of sp³-hybridized carbons (Fsp3) is 0.143. The van der Waals surface area contributed by atoms with E-state index in [4.69, 9.17) is 4.42 Å². The minimum Gasteiger partial charge on any atom is -0.450 e. The Morgan fingerprint density at radius 3 is 2.56 bits per heavy atom. The quantitative estimate of drug-likeness (QED) is 0.658. The smallest absolute Gasteiger partial charge is 0.169 e. The van der Waals surface area contributed by atoms with Crippen molar-refractivity contribution in [1.29, 1.82) is 0 Å². The lowest BCUT2D eigenvalue weighted by atomic mass is 10.3. The van der Waals surface area contributed by atoms with Gasteiger partial charge in [0, 0.05) is 0 Å². The van der Waals surface area contributed by atoms with Crippen molar-refractivity contribution < 1.29 is 4.42 Å². The molecule has 9 heavy (non-hydrogen) atoms. The van der Waals surface area contributed by atoms with E-state index in [-0.39, 0.29) is 0 Å². The average molecular weight is 187 g/mol. The highest BCUT2D eigenvalue weighted by Gasteiger charge is 1.96. The monoisotopic (exact) mass is 186 g/mol. The van der Waals surface area contributed by atoms with Crippen LogP contribution in [0.1, 0.15) is 12.7 Å². The molecule has 0 aromatic carbocycles. The molecule has 1 nitrogen and oxygen atoms in total. The van der Waals surface area contributed by atoms with Crippen molar-refractivity contribution in [1.82, 2.24) is 0 Å². The van der Waals surface area contributed by atoms with Gasteiger partial charge in [-0.05, 0) is 40.6 Å². The third kappa shape index (κ3) is 1.45. The van der Waals surface area contributed by atoms with Crippen LogP contribution in [0.15, 0.2) is 27.8 Å². The third-order valence-electron chi connectivity index (χ3n) is 0.994. The first kappa shape index (κ1) is 6.62. The summed E-state index contributed by atoms with van der Waals surface area (Å²) in [4.78, 5) is 0. The van der Waals surface area contributed by atoms with Crippen molar-refractivity contribution in [2.24, 2.45) is 0 Å². The highest BCUT2D eigenvalue weighted by Crippen LogP contribution is 2.18. The van der Waals surface area contributed by atoms with Crippen LogP contribution in [-0.4, -0.2) is 0 Å². The van der Waals surface area contributed by atoms with E-state index in [1.54, 1.807) is 0 Å². The van der Waals surface area contributed by atoms with Gasteiger partial charge in [-0.1, -0.05) is 6.58 Å². The number of allylic oxidation sites excluding steroid dienone is 1. The zero-order valence-corrected chi connectivity index (χ0v) is 6.73. The predicted molar refractivity (Wildman–Crippen MR) is 41.1 cm³/mol. The number of hydrogen-bond acceptors (Lipinski definition) is 1. The molecule has 0 atom stereocenters. The van der Waals surface area contributed by atoms with E-state index in [0.717, 1.165) is 16.0 Å². The van der Waals surface area contributed by atoms with Gasteiger partial charge in [0.1, 0.15) is 5.76 Å². The summed E-state index contributed by atoms with van der Waals surface area (Å²) in [6.45, 7) is 5.63. The van der Waals surface area contributed by atoms with Crippen LogP contribution in [0, 0.1) is 0 Å². The summed E-state index contributed by atoms with van der Waals surface area (Å²) in [5.74, 6) is 0.835. The lowest BCUT2D eigenvalue weighted by Gasteiger charge is -1.87. The zero-order valence-electron chi connectivity index (χ0n) is 5.15. The molecule has 0 N–H and O–H groups in total. The first-order valence-corrected chi connectivity index (χ1v) is 3.40. The second-order valence-electron chi connectivity index (χ2n) is 1.88. The lowest BCUT2D eigenvalue weighted by Crippen LogP contribution is -1.65. The van der Waals surface area contributed by atoms with Crippen molar-refractivity contribution in [3.05, 3.63) is 29.1 Å². The number of halogens is 1. The lowest BCUT2D eigenvalue weighted by molar-refractivity contribution is 0.528. The number of furan rings is 1. The Morgan fingerprint density at radius 2 is 2.33 bits per heavy atom. The van der Waals surface area contributed by atoms with Gasteiger partial charge in [-0.25, -0.2) is 0 Å². The number of rotatable bonds is 1. The fourth-order valence-corrected chi connectivity index (χ4v) is 0.850.